The summed E-state index contributed by atoms with van der Waals surface area (Å²) in [5.41, 5.74) is 0.902. The summed E-state index contributed by atoms with van der Waals surface area (Å²) in [7, 11) is 0. The molecule has 2 fully saturated rings. The van der Waals surface area contributed by atoms with E-state index in [1.807, 2.05) is 13.1 Å². The van der Waals surface area contributed by atoms with E-state index in [4.69, 9.17) is 0 Å². The molecule has 0 bridgehead atoms. The zero-order chi connectivity index (χ0) is 14.8. The van der Waals surface area contributed by atoms with E-state index in [0.29, 0.717) is 17.1 Å². The van der Waals surface area contributed by atoms with Crippen LogP contribution in [0.25, 0.3) is 0 Å². The predicted octanol–water partition coefficient (Wildman–Crippen LogP) is 0.510. The fourth-order valence-corrected chi connectivity index (χ4v) is 3.47. The summed E-state index contributed by atoms with van der Waals surface area (Å²) in [4.78, 5) is 17.1. The normalized spacial score (nSPS) is 20.6. The fraction of sp³-hybridized carbons (Fsp3) is 0.714. The lowest BCUT2D eigenvalue weighted by molar-refractivity contribution is 0.138. The highest BCUT2D eigenvalue weighted by Crippen LogP contribution is 2.23. The van der Waals surface area contributed by atoms with E-state index < -0.39 is 0 Å². The lowest BCUT2D eigenvalue weighted by Gasteiger charge is -2.43. The van der Waals surface area contributed by atoms with Crippen LogP contribution in [0.2, 0.25) is 0 Å². The molecule has 0 aromatic carbocycles. The molecule has 1 N–H and O–H groups in total. The van der Waals surface area contributed by atoms with Gasteiger partial charge in [0, 0.05) is 51.9 Å². The molecule has 3 rings (SSSR count). The monoisotopic (exact) mass is 355 g/mol. The number of aryl methyl sites for hydroxylation is 1. The maximum absolute atomic E-state index is 12.3. The molecule has 21 heavy (non-hydrogen) atoms. The van der Waals surface area contributed by atoms with Crippen LogP contribution >= 0.6 is 15.9 Å². The van der Waals surface area contributed by atoms with E-state index in [9.17, 15) is 4.79 Å². The summed E-state index contributed by atoms with van der Waals surface area (Å²) in [5, 5.41) is 7.61. The number of halogens is 1. The van der Waals surface area contributed by atoms with E-state index in [-0.39, 0.29) is 5.56 Å². The Morgan fingerprint density at radius 1 is 1.33 bits per heavy atom. The van der Waals surface area contributed by atoms with Gasteiger partial charge >= 0.3 is 0 Å². The SMILES string of the molecule is CCCn1ncc(N2CCN(C3CNC3)CC2)c(Br)c1=O. The summed E-state index contributed by atoms with van der Waals surface area (Å²) in [6.07, 6.45) is 2.73. The van der Waals surface area contributed by atoms with Crippen molar-refractivity contribution in [3.63, 3.8) is 0 Å². The van der Waals surface area contributed by atoms with Crippen molar-refractivity contribution in [3.05, 3.63) is 21.0 Å². The molecule has 0 aliphatic carbocycles. The van der Waals surface area contributed by atoms with Gasteiger partial charge in [-0.3, -0.25) is 9.69 Å². The maximum Gasteiger partial charge on any atom is 0.283 e. The molecule has 1 aromatic rings. The highest BCUT2D eigenvalue weighted by Gasteiger charge is 2.28. The molecule has 116 valence electrons. The Morgan fingerprint density at radius 2 is 2.05 bits per heavy atom. The van der Waals surface area contributed by atoms with Crippen molar-refractivity contribution in [2.75, 3.05) is 44.2 Å². The number of piperazine rings is 1. The Bertz CT molecular complexity index is 549. The molecule has 2 aliphatic heterocycles. The Labute approximate surface area is 133 Å². The zero-order valence-corrected chi connectivity index (χ0v) is 14.0. The fourth-order valence-electron chi connectivity index (χ4n) is 2.91. The van der Waals surface area contributed by atoms with Gasteiger partial charge in [0.25, 0.3) is 5.56 Å². The first kappa shape index (κ1) is 15.0. The van der Waals surface area contributed by atoms with Gasteiger partial charge < -0.3 is 10.2 Å². The van der Waals surface area contributed by atoms with Gasteiger partial charge in [0.2, 0.25) is 0 Å². The average Bonchev–Trinajstić information content (AvgIpc) is 2.44. The summed E-state index contributed by atoms with van der Waals surface area (Å²) in [6.45, 7) is 8.94. The van der Waals surface area contributed by atoms with Gasteiger partial charge in [-0.1, -0.05) is 6.92 Å². The summed E-state index contributed by atoms with van der Waals surface area (Å²) >= 11 is 3.47. The maximum atomic E-state index is 12.3. The number of nitrogens with one attached hydrogen (secondary N) is 1. The molecule has 0 amide bonds. The molecule has 0 atom stereocenters. The summed E-state index contributed by atoms with van der Waals surface area (Å²) in [6, 6.07) is 0.700. The van der Waals surface area contributed by atoms with Gasteiger partial charge in [-0.2, -0.15) is 5.10 Å². The molecular weight excluding hydrogens is 334 g/mol. The molecule has 0 unspecified atom stereocenters. The van der Waals surface area contributed by atoms with Crippen LogP contribution in [0.1, 0.15) is 13.3 Å². The molecule has 0 radical (unpaired) electrons. The van der Waals surface area contributed by atoms with E-state index in [0.717, 1.165) is 51.4 Å². The molecule has 0 saturated carbocycles. The third kappa shape index (κ3) is 3.00. The van der Waals surface area contributed by atoms with Gasteiger partial charge in [0.15, 0.2) is 0 Å². The first-order valence-electron chi connectivity index (χ1n) is 7.66. The molecule has 2 saturated heterocycles. The number of nitrogens with zero attached hydrogens (tertiary/aromatic N) is 4. The van der Waals surface area contributed by atoms with Crippen LogP contribution in [0.15, 0.2) is 15.5 Å². The van der Waals surface area contributed by atoms with Crippen molar-refractivity contribution in [3.8, 4) is 0 Å². The molecule has 2 aliphatic rings. The Kier molecular flexibility index (Phi) is 4.61. The summed E-state index contributed by atoms with van der Waals surface area (Å²) in [5.74, 6) is 0. The average molecular weight is 356 g/mol. The van der Waals surface area contributed by atoms with Crippen molar-refractivity contribution >= 4 is 21.6 Å². The van der Waals surface area contributed by atoms with Crippen LogP contribution in [0.4, 0.5) is 5.69 Å². The number of aromatic nitrogens is 2. The molecule has 0 spiro atoms. The first-order chi connectivity index (χ1) is 10.2. The third-order valence-corrected chi connectivity index (χ3v) is 5.08. The topological polar surface area (TPSA) is 53.4 Å². The molecule has 1 aromatic heterocycles. The van der Waals surface area contributed by atoms with Crippen LogP contribution in [0, 0.1) is 0 Å². The second-order valence-corrected chi connectivity index (χ2v) is 6.50. The van der Waals surface area contributed by atoms with E-state index in [1.165, 1.54) is 4.68 Å². The largest absolute Gasteiger partial charge is 0.367 e. The number of hydrogen-bond acceptors (Lipinski definition) is 5. The first-order valence-corrected chi connectivity index (χ1v) is 8.45. The van der Waals surface area contributed by atoms with Crippen molar-refractivity contribution in [2.24, 2.45) is 0 Å². The van der Waals surface area contributed by atoms with E-state index in [2.05, 4.69) is 36.1 Å². The van der Waals surface area contributed by atoms with Crippen LogP contribution in [-0.2, 0) is 6.54 Å². The molecule has 7 heteroatoms. The van der Waals surface area contributed by atoms with Crippen LogP contribution in [0.3, 0.4) is 0 Å². The van der Waals surface area contributed by atoms with Gasteiger partial charge in [0.1, 0.15) is 4.47 Å². The minimum atomic E-state index is -0.0278. The van der Waals surface area contributed by atoms with Crippen LogP contribution in [-0.4, -0.2) is 60.0 Å². The van der Waals surface area contributed by atoms with Crippen molar-refractivity contribution in [1.82, 2.24) is 20.0 Å². The smallest absolute Gasteiger partial charge is 0.283 e. The van der Waals surface area contributed by atoms with Gasteiger partial charge in [-0.05, 0) is 22.4 Å². The minimum absolute atomic E-state index is 0.0278. The van der Waals surface area contributed by atoms with Crippen LogP contribution < -0.4 is 15.8 Å². The minimum Gasteiger partial charge on any atom is -0.367 e. The Morgan fingerprint density at radius 3 is 2.62 bits per heavy atom. The van der Waals surface area contributed by atoms with Gasteiger partial charge in [-0.25, -0.2) is 4.68 Å². The quantitative estimate of drug-likeness (QED) is 0.852. The zero-order valence-electron chi connectivity index (χ0n) is 12.4. The van der Waals surface area contributed by atoms with Gasteiger partial charge in [-0.15, -0.1) is 0 Å². The van der Waals surface area contributed by atoms with Crippen LogP contribution in [0.5, 0.6) is 0 Å². The lowest BCUT2D eigenvalue weighted by Crippen LogP contribution is -2.61. The van der Waals surface area contributed by atoms with E-state index >= 15 is 0 Å². The second kappa shape index (κ2) is 6.46. The van der Waals surface area contributed by atoms with Crippen molar-refractivity contribution in [1.29, 1.82) is 0 Å². The number of anilines is 1. The Balaban J connectivity index is 1.70. The second-order valence-electron chi connectivity index (χ2n) is 5.71. The number of rotatable bonds is 4. The number of hydrogen-bond donors (Lipinski definition) is 1. The highest BCUT2D eigenvalue weighted by atomic mass is 79.9. The standard InChI is InChI=1S/C14H22BrN5O/c1-2-3-20-14(21)13(15)12(10-17-20)19-6-4-18(5-7-19)11-8-16-9-11/h10-11,16H,2-9H2,1H3. The molecule has 6 nitrogen and oxygen atoms in total. The third-order valence-electron chi connectivity index (χ3n) is 4.33. The summed E-state index contributed by atoms with van der Waals surface area (Å²) < 4.78 is 2.17. The van der Waals surface area contributed by atoms with E-state index in [1.54, 1.807) is 0 Å². The highest BCUT2D eigenvalue weighted by molar-refractivity contribution is 9.10. The van der Waals surface area contributed by atoms with Gasteiger partial charge in [0.05, 0.1) is 11.9 Å². The predicted molar refractivity (Wildman–Crippen MR) is 86.9 cm³/mol. The molecule has 3 heterocycles. The lowest BCUT2D eigenvalue weighted by atomic mass is 10.1. The Hall–Kier alpha value is -0.920. The van der Waals surface area contributed by atoms with Crippen molar-refractivity contribution < 1.29 is 0 Å². The van der Waals surface area contributed by atoms with Crippen molar-refractivity contribution in [2.45, 2.75) is 25.9 Å². The molecular formula is C14H22BrN5O.